The summed E-state index contributed by atoms with van der Waals surface area (Å²) in [7, 11) is -0.928. The van der Waals surface area contributed by atoms with E-state index in [9.17, 15) is 4.21 Å². The molecule has 1 aromatic heterocycles. The van der Waals surface area contributed by atoms with Crippen LogP contribution in [0.3, 0.4) is 0 Å². The van der Waals surface area contributed by atoms with E-state index in [1.807, 2.05) is 36.4 Å². The molecule has 0 radical (unpaired) electrons. The second kappa shape index (κ2) is 6.98. The summed E-state index contributed by atoms with van der Waals surface area (Å²) in [6.07, 6.45) is 1.69. The van der Waals surface area contributed by atoms with Crippen LogP contribution in [0.4, 0.5) is 5.82 Å². The Kier molecular flexibility index (Phi) is 4.80. The number of rotatable bonds is 4. The SMILES string of the molecule is CS(=O)Cc1cc(N2CCOCC2)nc(-c2ccccc2)n1. The van der Waals surface area contributed by atoms with Crippen LogP contribution in [0.1, 0.15) is 5.69 Å². The Morgan fingerprint density at radius 3 is 2.59 bits per heavy atom. The Bertz CT molecular complexity index is 658. The Labute approximate surface area is 132 Å². The average molecular weight is 317 g/mol. The van der Waals surface area contributed by atoms with Crippen molar-refractivity contribution in [1.29, 1.82) is 0 Å². The predicted molar refractivity (Wildman–Crippen MR) is 88.3 cm³/mol. The van der Waals surface area contributed by atoms with Crippen molar-refractivity contribution in [2.24, 2.45) is 0 Å². The van der Waals surface area contributed by atoms with Crippen LogP contribution in [0.5, 0.6) is 0 Å². The van der Waals surface area contributed by atoms with E-state index in [1.54, 1.807) is 6.26 Å². The second-order valence-corrected chi connectivity index (χ2v) is 6.66. The van der Waals surface area contributed by atoms with Crippen LogP contribution in [0, 0.1) is 0 Å². The fourth-order valence-electron chi connectivity index (χ4n) is 2.44. The number of hydrogen-bond acceptors (Lipinski definition) is 5. The maximum atomic E-state index is 11.6. The van der Waals surface area contributed by atoms with E-state index in [1.165, 1.54) is 0 Å². The van der Waals surface area contributed by atoms with Crippen molar-refractivity contribution in [2.45, 2.75) is 5.75 Å². The van der Waals surface area contributed by atoms with Gasteiger partial charge in [0.15, 0.2) is 5.82 Å². The van der Waals surface area contributed by atoms with Crippen LogP contribution in [0.2, 0.25) is 0 Å². The van der Waals surface area contributed by atoms with Crippen LogP contribution in [0.25, 0.3) is 11.4 Å². The first-order valence-electron chi connectivity index (χ1n) is 7.28. The highest BCUT2D eigenvalue weighted by molar-refractivity contribution is 7.83. The molecule has 2 aromatic rings. The van der Waals surface area contributed by atoms with Gasteiger partial charge in [-0.25, -0.2) is 9.97 Å². The molecule has 1 unspecified atom stereocenters. The van der Waals surface area contributed by atoms with Crippen molar-refractivity contribution in [1.82, 2.24) is 9.97 Å². The van der Waals surface area contributed by atoms with E-state index in [4.69, 9.17) is 9.72 Å². The van der Waals surface area contributed by atoms with Gasteiger partial charge in [0.2, 0.25) is 0 Å². The smallest absolute Gasteiger partial charge is 0.161 e. The minimum Gasteiger partial charge on any atom is -0.378 e. The minimum atomic E-state index is -0.928. The topological polar surface area (TPSA) is 55.3 Å². The number of nitrogens with zero attached hydrogens (tertiary/aromatic N) is 3. The fraction of sp³-hybridized carbons (Fsp3) is 0.375. The highest BCUT2D eigenvalue weighted by Gasteiger charge is 2.16. The van der Waals surface area contributed by atoms with Gasteiger partial charge in [0.25, 0.3) is 0 Å². The number of benzene rings is 1. The van der Waals surface area contributed by atoms with Gasteiger partial charge in [0.1, 0.15) is 5.82 Å². The standard InChI is InChI=1S/C16H19N3O2S/c1-22(20)12-14-11-15(19-7-9-21-10-8-19)18-16(17-14)13-5-3-2-4-6-13/h2-6,11H,7-10,12H2,1H3. The third-order valence-electron chi connectivity index (χ3n) is 3.48. The zero-order chi connectivity index (χ0) is 15.4. The molecule has 0 bridgehead atoms. The van der Waals surface area contributed by atoms with Crippen molar-refractivity contribution in [3.63, 3.8) is 0 Å². The molecule has 0 aliphatic carbocycles. The quantitative estimate of drug-likeness (QED) is 0.861. The van der Waals surface area contributed by atoms with Gasteiger partial charge in [-0.2, -0.15) is 0 Å². The first-order valence-corrected chi connectivity index (χ1v) is 9.01. The van der Waals surface area contributed by atoms with Gasteiger partial charge in [-0.15, -0.1) is 0 Å². The zero-order valence-electron chi connectivity index (χ0n) is 12.6. The van der Waals surface area contributed by atoms with Gasteiger partial charge >= 0.3 is 0 Å². The van der Waals surface area contributed by atoms with Crippen LogP contribution in [-0.4, -0.2) is 46.7 Å². The summed E-state index contributed by atoms with van der Waals surface area (Å²) in [6, 6.07) is 11.8. The Hall–Kier alpha value is -1.79. The molecule has 1 atom stereocenters. The molecule has 5 nitrogen and oxygen atoms in total. The van der Waals surface area contributed by atoms with Gasteiger partial charge in [0.05, 0.1) is 24.7 Å². The summed E-state index contributed by atoms with van der Waals surface area (Å²) in [4.78, 5) is 11.5. The van der Waals surface area contributed by atoms with Crippen LogP contribution < -0.4 is 4.90 Å². The van der Waals surface area contributed by atoms with Gasteiger partial charge in [-0.05, 0) is 0 Å². The lowest BCUT2D eigenvalue weighted by Crippen LogP contribution is -2.37. The van der Waals surface area contributed by atoms with E-state index in [-0.39, 0.29) is 0 Å². The van der Waals surface area contributed by atoms with Crippen LogP contribution >= 0.6 is 0 Å². The van der Waals surface area contributed by atoms with Crippen molar-refractivity contribution >= 4 is 16.6 Å². The zero-order valence-corrected chi connectivity index (χ0v) is 13.4. The molecule has 1 aromatic carbocycles. The lowest BCUT2D eigenvalue weighted by Gasteiger charge is -2.28. The van der Waals surface area contributed by atoms with Gasteiger partial charge < -0.3 is 9.64 Å². The maximum Gasteiger partial charge on any atom is 0.161 e. The predicted octanol–water partition coefficient (Wildman–Crippen LogP) is 1.86. The minimum absolute atomic E-state index is 0.444. The lowest BCUT2D eigenvalue weighted by molar-refractivity contribution is 0.122. The number of aromatic nitrogens is 2. The van der Waals surface area contributed by atoms with E-state index < -0.39 is 10.8 Å². The molecular formula is C16H19N3O2S. The molecule has 3 rings (SSSR count). The van der Waals surface area contributed by atoms with Gasteiger partial charge in [-0.1, -0.05) is 30.3 Å². The Balaban J connectivity index is 1.99. The van der Waals surface area contributed by atoms with E-state index in [2.05, 4.69) is 9.88 Å². The second-order valence-electron chi connectivity index (χ2n) is 5.22. The molecule has 0 spiro atoms. The average Bonchev–Trinajstić information content (AvgIpc) is 2.55. The summed E-state index contributed by atoms with van der Waals surface area (Å²) >= 11 is 0. The normalized spacial score (nSPS) is 16.5. The van der Waals surface area contributed by atoms with Crippen molar-refractivity contribution in [3.05, 3.63) is 42.1 Å². The molecule has 116 valence electrons. The Morgan fingerprint density at radius 2 is 1.91 bits per heavy atom. The summed E-state index contributed by atoms with van der Waals surface area (Å²) in [5, 5.41) is 0. The first-order chi connectivity index (χ1) is 10.7. The molecule has 6 heteroatoms. The van der Waals surface area contributed by atoms with Crippen LogP contribution in [-0.2, 0) is 21.3 Å². The molecule has 1 fully saturated rings. The number of morpholine rings is 1. The summed E-state index contributed by atoms with van der Waals surface area (Å²) < 4.78 is 17.0. The molecule has 1 aliphatic heterocycles. The van der Waals surface area contributed by atoms with Gasteiger partial charge in [0, 0.05) is 41.8 Å². The third kappa shape index (κ3) is 3.69. The monoisotopic (exact) mass is 317 g/mol. The lowest BCUT2D eigenvalue weighted by atomic mass is 10.2. The molecule has 22 heavy (non-hydrogen) atoms. The molecule has 0 N–H and O–H groups in total. The molecule has 0 saturated carbocycles. The van der Waals surface area contributed by atoms with E-state index >= 15 is 0 Å². The highest BCUT2D eigenvalue weighted by Crippen LogP contribution is 2.21. The van der Waals surface area contributed by atoms with Crippen molar-refractivity contribution in [2.75, 3.05) is 37.5 Å². The molecule has 0 amide bonds. The molecule has 1 saturated heterocycles. The number of anilines is 1. The molecule has 2 heterocycles. The van der Waals surface area contributed by atoms with E-state index in [0.29, 0.717) is 24.8 Å². The van der Waals surface area contributed by atoms with Crippen molar-refractivity contribution < 1.29 is 8.95 Å². The Morgan fingerprint density at radius 1 is 1.18 bits per heavy atom. The largest absolute Gasteiger partial charge is 0.378 e. The summed E-state index contributed by atoms with van der Waals surface area (Å²) in [6.45, 7) is 3.05. The van der Waals surface area contributed by atoms with Gasteiger partial charge in [-0.3, -0.25) is 4.21 Å². The fourth-order valence-corrected chi connectivity index (χ4v) is 3.00. The molecular weight excluding hydrogens is 298 g/mol. The van der Waals surface area contributed by atoms with E-state index in [0.717, 1.165) is 30.2 Å². The first kappa shape index (κ1) is 15.1. The number of hydrogen-bond donors (Lipinski definition) is 0. The summed E-state index contributed by atoms with van der Waals surface area (Å²) in [5.74, 6) is 2.02. The van der Waals surface area contributed by atoms with Crippen molar-refractivity contribution in [3.8, 4) is 11.4 Å². The van der Waals surface area contributed by atoms with Crippen LogP contribution in [0.15, 0.2) is 36.4 Å². The third-order valence-corrected chi connectivity index (χ3v) is 4.19. The highest BCUT2D eigenvalue weighted by atomic mass is 32.2. The summed E-state index contributed by atoms with van der Waals surface area (Å²) in [5.41, 5.74) is 1.79. The number of ether oxygens (including phenoxy) is 1. The maximum absolute atomic E-state index is 11.6. The molecule has 1 aliphatic rings.